The summed E-state index contributed by atoms with van der Waals surface area (Å²) in [5, 5.41) is 3.34. The number of H-pyrrole nitrogens is 1. The van der Waals surface area contributed by atoms with E-state index in [1.807, 2.05) is 0 Å². The van der Waals surface area contributed by atoms with Crippen LogP contribution in [0.4, 0.5) is 4.39 Å². The van der Waals surface area contributed by atoms with Crippen molar-refractivity contribution in [3.05, 3.63) is 24.0 Å². The maximum atomic E-state index is 13.0. The molecule has 0 amide bonds. The zero-order chi connectivity index (χ0) is 12.4. The zero-order valence-corrected chi connectivity index (χ0v) is 10.1. The third-order valence-electron chi connectivity index (χ3n) is 3.28. The van der Waals surface area contributed by atoms with Gasteiger partial charge >= 0.3 is 0 Å². The number of imidazole rings is 1. The standard InChI is InChI=1S/C13H16FN3O/c14-10-3-4-11-12(6-10)17-13(16-11)18-8-9-2-1-5-15-7-9/h3-4,6,9,15H,1-2,5,7-8H2,(H,16,17). The molecule has 1 saturated heterocycles. The lowest BCUT2D eigenvalue weighted by Crippen LogP contribution is -2.33. The van der Waals surface area contributed by atoms with Crippen LogP contribution in [0, 0.1) is 11.7 Å². The summed E-state index contributed by atoms with van der Waals surface area (Å²) in [6.07, 6.45) is 2.38. The van der Waals surface area contributed by atoms with Crippen LogP contribution in [0.2, 0.25) is 0 Å². The minimum Gasteiger partial charge on any atom is -0.464 e. The highest BCUT2D eigenvalue weighted by Crippen LogP contribution is 2.18. The smallest absolute Gasteiger partial charge is 0.294 e. The zero-order valence-electron chi connectivity index (χ0n) is 10.1. The number of rotatable bonds is 3. The van der Waals surface area contributed by atoms with Crippen LogP contribution in [-0.4, -0.2) is 29.7 Å². The van der Waals surface area contributed by atoms with Gasteiger partial charge in [-0.2, -0.15) is 4.98 Å². The van der Waals surface area contributed by atoms with Crippen molar-refractivity contribution in [3.63, 3.8) is 0 Å². The van der Waals surface area contributed by atoms with Crippen molar-refractivity contribution >= 4 is 11.0 Å². The van der Waals surface area contributed by atoms with Gasteiger partial charge in [0.1, 0.15) is 5.82 Å². The van der Waals surface area contributed by atoms with Gasteiger partial charge in [-0.05, 0) is 37.6 Å². The Balaban J connectivity index is 1.67. The average molecular weight is 249 g/mol. The van der Waals surface area contributed by atoms with Gasteiger partial charge in [-0.15, -0.1) is 0 Å². The number of nitrogens with zero attached hydrogens (tertiary/aromatic N) is 1. The second-order valence-corrected chi connectivity index (χ2v) is 4.73. The van der Waals surface area contributed by atoms with Crippen LogP contribution >= 0.6 is 0 Å². The van der Waals surface area contributed by atoms with Gasteiger partial charge < -0.3 is 15.0 Å². The van der Waals surface area contributed by atoms with Crippen molar-refractivity contribution in [3.8, 4) is 6.01 Å². The van der Waals surface area contributed by atoms with Crippen molar-refractivity contribution in [2.24, 2.45) is 5.92 Å². The van der Waals surface area contributed by atoms with Gasteiger partial charge in [0.05, 0.1) is 17.6 Å². The molecular formula is C13H16FN3O. The van der Waals surface area contributed by atoms with Crippen molar-refractivity contribution in [2.75, 3.05) is 19.7 Å². The molecule has 4 nitrogen and oxygen atoms in total. The van der Waals surface area contributed by atoms with Crippen LogP contribution in [-0.2, 0) is 0 Å². The largest absolute Gasteiger partial charge is 0.464 e. The monoisotopic (exact) mass is 249 g/mol. The molecule has 1 aliphatic rings. The molecule has 1 unspecified atom stereocenters. The Morgan fingerprint density at radius 2 is 2.39 bits per heavy atom. The first-order chi connectivity index (χ1) is 8.81. The topological polar surface area (TPSA) is 49.9 Å². The van der Waals surface area contributed by atoms with E-state index in [1.165, 1.54) is 25.0 Å². The van der Waals surface area contributed by atoms with Gasteiger partial charge in [0.25, 0.3) is 6.01 Å². The number of aromatic amines is 1. The van der Waals surface area contributed by atoms with Crippen LogP contribution < -0.4 is 10.1 Å². The number of halogens is 1. The third kappa shape index (κ3) is 2.46. The summed E-state index contributed by atoms with van der Waals surface area (Å²) in [5.74, 6) is 0.262. The Hall–Kier alpha value is -1.62. The number of nitrogens with one attached hydrogen (secondary N) is 2. The molecule has 2 heterocycles. The van der Waals surface area contributed by atoms with E-state index in [-0.39, 0.29) is 5.82 Å². The van der Waals surface area contributed by atoms with Gasteiger partial charge in [0.2, 0.25) is 0 Å². The van der Waals surface area contributed by atoms with Crippen molar-refractivity contribution < 1.29 is 9.13 Å². The van der Waals surface area contributed by atoms with E-state index in [4.69, 9.17) is 4.74 Å². The van der Waals surface area contributed by atoms with E-state index < -0.39 is 0 Å². The number of fused-ring (bicyclic) bond motifs is 1. The van der Waals surface area contributed by atoms with Crippen LogP contribution in [0.3, 0.4) is 0 Å². The highest BCUT2D eigenvalue weighted by Gasteiger charge is 2.14. The molecule has 0 bridgehead atoms. The molecule has 1 atom stereocenters. The molecule has 18 heavy (non-hydrogen) atoms. The number of ether oxygens (including phenoxy) is 1. The number of hydrogen-bond acceptors (Lipinski definition) is 3. The quantitative estimate of drug-likeness (QED) is 0.875. The molecule has 2 aromatic rings. The molecule has 2 N–H and O–H groups in total. The Labute approximate surface area is 105 Å². The van der Waals surface area contributed by atoms with Crippen LogP contribution in [0.5, 0.6) is 6.01 Å². The van der Waals surface area contributed by atoms with Gasteiger partial charge in [0, 0.05) is 12.5 Å². The Morgan fingerprint density at radius 3 is 3.22 bits per heavy atom. The molecule has 1 aromatic heterocycles. The molecule has 96 valence electrons. The lowest BCUT2D eigenvalue weighted by Gasteiger charge is -2.21. The van der Waals surface area contributed by atoms with E-state index in [9.17, 15) is 4.39 Å². The third-order valence-corrected chi connectivity index (χ3v) is 3.28. The molecule has 5 heteroatoms. The number of piperidine rings is 1. The first kappa shape index (κ1) is 11.5. The normalized spacial score (nSPS) is 20.2. The summed E-state index contributed by atoms with van der Waals surface area (Å²) in [5.41, 5.74) is 1.40. The minimum absolute atomic E-state index is 0.269. The second-order valence-electron chi connectivity index (χ2n) is 4.73. The van der Waals surface area contributed by atoms with Crippen molar-refractivity contribution in [1.29, 1.82) is 0 Å². The predicted octanol–water partition coefficient (Wildman–Crippen LogP) is 2.08. The number of hydrogen-bond donors (Lipinski definition) is 2. The molecule has 1 aliphatic heterocycles. The predicted molar refractivity (Wildman–Crippen MR) is 67.1 cm³/mol. The van der Waals surface area contributed by atoms with Crippen LogP contribution in [0.25, 0.3) is 11.0 Å². The first-order valence-corrected chi connectivity index (χ1v) is 6.30. The molecule has 0 radical (unpaired) electrons. The van der Waals surface area contributed by atoms with Crippen molar-refractivity contribution in [2.45, 2.75) is 12.8 Å². The molecule has 0 spiro atoms. The molecule has 1 aromatic carbocycles. The van der Waals surface area contributed by atoms with Gasteiger partial charge in [0.15, 0.2) is 0 Å². The molecule has 3 rings (SSSR count). The van der Waals surface area contributed by atoms with Crippen LogP contribution in [0.1, 0.15) is 12.8 Å². The molecular weight excluding hydrogens is 233 g/mol. The fourth-order valence-electron chi connectivity index (χ4n) is 2.29. The average Bonchev–Trinajstić information content (AvgIpc) is 2.79. The molecule has 0 saturated carbocycles. The molecule has 1 fully saturated rings. The molecule has 0 aliphatic carbocycles. The van der Waals surface area contributed by atoms with Gasteiger partial charge in [-0.3, -0.25) is 0 Å². The highest BCUT2D eigenvalue weighted by atomic mass is 19.1. The lowest BCUT2D eigenvalue weighted by atomic mass is 10.0. The maximum absolute atomic E-state index is 13.0. The van der Waals surface area contributed by atoms with E-state index in [0.29, 0.717) is 24.1 Å². The van der Waals surface area contributed by atoms with Crippen molar-refractivity contribution in [1.82, 2.24) is 15.3 Å². The summed E-state index contributed by atoms with van der Waals surface area (Å²) in [7, 11) is 0. The minimum atomic E-state index is -0.269. The summed E-state index contributed by atoms with van der Waals surface area (Å²) < 4.78 is 18.7. The fourth-order valence-corrected chi connectivity index (χ4v) is 2.29. The SMILES string of the molecule is Fc1ccc2nc(OCC3CCCNC3)[nH]c2c1. The number of aromatic nitrogens is 2. The summed E-state index contributed by atoms with van der Waals surface area (Å²) >= 11 is 0. The van der Waals surface area contributed by atoms with Gasteiger partial charge in [-0.1, -0.05) is 0 Å². The first-order valence-electron chi connectivity index (χ1n) is 6.30. The van der Waals surface area contributed by atoms with E-state index in [2.05, 4.69) is 15.3 Å². The Kier molecular flexibility index (Phi) is 3.15. The van der Waals surface area contributed by atoms with Gasteiger partial charge in [-0.25, -0.2) is 4.39 Å². The van der Waals surface area contributed by atoms with E-state index in [1.54, 1.807) is 6.07 Å². The van der Waals surface area contributed by atoms with E-state index >= 15 is 0 Å². The highest BCUT2D eigenvalue weighted by molar-refractivity contribution is 5.75. The fraction of sp³-hybridized carbons (Fsp3) is 0.462. The van der Waals surface area contributed by atoms with E-state index in [0.717, 1.165) is 18.6 Å². The second kappa shape index (κ2) is 4.94. The Bertz CT molecular complexity index is 534. The number of benzene rings is 1. The summed E-state index contributed by atoms with van der Waals surface area (Å²) in [6, 6.07) is 4.95. The van der Waals surface area contributed by atoms with Crippen LogP contribution in [0.15, 0.2) is 18.2 Å². The lowest BCUT2D eigenvalue weighted by molar-refractivity contribution is 0.207. The summed E-state index contributed by atoms with van der Waals surface area (Å²) in [4.78, 5) is 7.26. The summed E-state index contributed by atoms with van der Waals surface area (Å²) in [6.45, 7) is 2.74. The Morgan fingerprint density at radius 1 is 1.44 bits per heavy atom. The maximum Gasteiger partial charge on any atom is 0.294 e.